The fraction of sp³-hybridized carbons (Fsp3) is 0.522. The Labute approximate surface area is 181 Å². The number of hydrogen-bond donors (Lipinski definition) is 0. The maximum Gasteiger partial charge on any atom is 0.259 e. The lowest BCUT2D eigenvalue weighted by Gasteiger charge is -2.20. The van der Waals surface area contributed by atoms with Crippen LogP contribution in [0.25, 0.3) is 0 Å². The second kappa shape index (κ2) is 8.43. The third-order valence-electron chi connectivity index (χ3n) is 6.12. The molecule has 0 radical (unpaired) electrons. The van der Waals surface area contributed by atoms with E-state index in [0.717, 1.165) is 36.2 Å². The third kappa shape index (κ3) is 4.09. The molecule has 2 atom stereocenters. The minimum Gasteiger partial charge on any atom is -0.484 e. The standard InChI is InChI=1S/C23H27N3O5/c1-14-6-7-16(9-24-14)31-17-12-29-20-10-26(11-21(20)30-13-17)23(27)18-8-15-4-3-5-19(15)25-22(18)28-2/h6-9,17,20-21H,3-5,10-13H2,1-2H3/t20-,21-/m0/s1. The molecule has 8 nitrogen and oxygen atoms in total. The minimum absolute atomic E-state index is 0.0853. The summed E-state index contributed by atoms with van der Waals surface area (Å²) in [6.45, 7) is 3.69. The van der Waals surface area contributed by atoms with Gasteiger partial charge < -0.3 is 23.8 Å². The highest BCUT2D eigenvalue weighted by molar-refractivity contribution is 5.97. The fourth-order valence-electron chi connectivity index (χ4n) is 4.46. The summed E-state index contributed by atoms with van der Waals surface area (Å²) < 4.78 is 23.5. The Morgan fingerprint density at radius 3 is 2.61 bits per heavy atom. The summed E-state index contributed by atoms with van der Waals surface area (Å²) in [4.78, 5) is 23.9. The summed E-state index contributed by atoms with van der Waals surface area (Å²) in [6.07, 6.45) is 4.11. The number of rotatable bonds is 4. The van der Waals surface area contributed by atoms with Crippen molar-refractivity contribution in [2.24, 2.45) is 0 Å². The molecule has 2 aromatic rings. The van der Waals surface area contributed by atoms with E-state index < -0.39 is 0 Å². The molecule has 0 spiro atoms. The van der Waals surface area contributed by atoms with Gasteiger partial charge >= 0.3 is 0 Å². The molecule has 0 saturated carbocycles. The molecular formula is C23H27N3O5. The van der Waals surface area contributed by atoms with E-state index in [2.05, 4.69) is 9.97 Å². The predicted octanol–water partition coefficient (Wildman–Crippen LogP) is 1.97. The Kier molecular flexibility index (Phi) is 5.50. The van der Waals surface area contributed by atoms with Crippen LogP contribution < -0.4 is 9.47 Å². The summed E-state index contributed by atoms with van der Waals surface area (Å²) >= 11 is 0. The number of pyridine rings is 2. The first-order valence-electron chi connectivity index (χ1n) is 10.8. The van der Waals surface area contributed by atoms with Gasteiger partial charge in [0, 0.05) is 24.5 Å². The van der Waals surface area contributed by atoms with Crippen molar-refractivity contribution in [3.8, 4) is 11.6 Å². The predicted molar refractivity (Wildman–Crippen MR) is 112 cm³/mol. The smallest absolute Gasteiger partial charge is 0.259 e. The number of carbonyl (C=O) groups excluding carboxylic acids is 1. The average molecular weight is 425 g/mol. The lowest BCUT2D eigenvalue weighted by atomic mass is 10.1. The molecule has 0 aromatic carbocycles. The van der Waals surface area contributed by atoms with Crippen LogP contribution >= 0.6 is 0 Å². The normalized spacial score (nSPS) is 23.2. The Hall–Kier alpha value is -2.71. The molecule has 2 aliphatic heterocycles. The number of likely N-dealkylation sites (tertiary alicyclic amines) is 1. The number of fused-ring (bicyclic) bond motifs is 2. The Morgan fingerprint density at radius 2 is 1.94 bits per heavy atom. The number of nitrogens with zero attached hydrogens (tertiary/aromatic N) is 3. The van der Waals surface area contributed by atoms with E-state index in [0.29, 0.717) is 43.5 Å². The molecule has 1 amide bonds. The zero-order valence-corrected chi connectivity index (χ0v) is 17.9. The van der Waals surface area contributed by atoms with Crippen molar-refractivity contribution in [2.45, 2.75) is 44.5 Å². The van der Waals surface area contributed by atoms with E-state index in [9.17, 15) is 4.79 Å². The van der Waals surface area contributed by atoms with Crippen molar-refractivity contribution >= 4 is 5.91 Å². The molecule has 8 heteroatoms. The van der Waals surface area contributed by atoms with Crippen LogP contribution in [0.1, 0.15) is 33.7 Å². The van der Waals surface area contributed by atoms with Gasteiger partial charge in [-0.05, 0) is 49.9 Å². The Morgan fingerprint density at radius 1 is 1.16 bits per heavy atom. The highest BCUT2D eigenvalue weighted by Crippen LogP contribution is 2.29. The van der Waals surface area contributed by atoms with Gasteiger partial charge in [-0.2, -0.15) is 0 Å². The van der Waals surface area contributed by atoms with Gasteiger partial charge in [-0.3, -0.25) is 9.78 Å². The van der Waals surface area contributed by atoms with Crippen LogP contribution in [0.5, 0.6) is 11.6 Å². The molecule has 2 aromatic heterocycles. The number of ether oxygens (including phenoxy) is 4. The van der Waals surface area contributed by atoms with E-state index >= 15 is 0 Å². The molecule has 0 unspecified atom stereocenters. The number of methoxy groups -OCH3 is 1. The number of amides is 1. The highest BCUT2D eigenvalue weighted by atomic mass is 16.6. The second-order valence-corrected chi connectivity index (χ2v) is 8.33. The van der Waals surface area contributed by atoms with E-state index in [-0.39, 0.29) is 24.2 Å². The summed E-state index contributed by atoms with van der Waals surface area (Å²) in [5, 5.41) is 0. The van der Waals surface area contributed by atoms with Crippen LogP contribution in [0.2, 0.25) is 0 Å². The van der Waals surface area contributed by atoms with Crippen molar-refractivity contribution in [1.29, 1.82) is 0 Å². The highest BCUT2D eigenvalue weighted by Gasteiger charge is 2.40. The first kappa shape index (κ1) is 20.2. The lowest BCUT2D eigenvalue weighted by molar-refractivity contribution is -0.00461. The zero-order valence-electron chi connectivity index (χ0n) is 17.9. The van der Waals surface area contributed by atoms with Crippen LogP contribution in [0, 0.1) is 6.92 Å². The SMILES string of the molecule is COc1nc2c(cc1C(=O)N1C[C@@H]3OCC(Oc4ccc(C)nc4)CO[C@H]3C1)CCC2. The summed E-state index contributed by atoms with van der Waals surface area (Å²) in [5.41, 5.74) is 3.65. The summed E-state index contributed by atoms with van der Waals surface area (Å²) in [6, 6.07) is 5.76. The number of aryl methyl sites for hydroxylation is 3. The minimum atomic E-state index is -0.208. The largest absolute Gasteiger partial charge is 0.484 e. The Bertz CT molecular complexity index is 948. The third-order valence-corrected chi connectivity index (χ3v) is 6.12. The van der Waals surface area contributed by atoms with Crippen molar-refractivity contribution < 1.29 is 23.7 Å². The molecule has 164 valence electrons. The Balaban J connectivity index is 1.23. The van der Waals surface area contributed by atoms with Crippen LogP contribution in [-0.2, 0) is 22.3 Å². The van der Waals surface area contributed by atoms with Crippen molar-refractivity contribution in [1.82, 2.24) is 14.9 Å². The molecule has 31 heavy (non-hydrogen) atoms. The topological polar surface area (TPSA) is 83.0 Å². The zero-order chi connectivity index (χ0) is 21.4. The quantitative estimate of drug-likeness (QED) is 0.741. The van der Waals surface area contributed by atoms with Gasteiger partial charge in [-0.1, -0.05) is 0 Å². The molecule has 5 rings (SSSR count). The first-order valence-corrected chi connectivity index (χ1v) is 10.8. The van der Waals surface area contributed by atoms with Crippen molar-refractivity contribution in [3.63, 3.8) is 0 Å². The van der Waals surface area contributed by atoms with E-state index in [4.69, 9.17) is 18.9 Å². The van der Waals surface area contributed by atoms with Gasteiger partial charge in [0.15, 0.2) is 0 Å². The number of carbonyl (C=O) groups is 1. The van der Waals surface area contributed by atoms with Gasteiger partial charge in [0.05, 0.1) is 26.5 Å². The monoisotopic (exact) mass is 425 g/mol. The van der Waals surface area contributed by atoms with E-state index in [1.165, 1.54) is 0 Å². The molecule has 0 N–H and O–H groups in total. The summed E-state index contributed by atoms with van der Waals surface area (Å²) in [7, 11) is 1.56. The first-order chi connectivity index (χ1) is 15.1. The van der Waals surface area contributed by atoms with Gasteiger partial charge in [0.1, 0.15) is 29.6 Å². The van der Waals surface area contributed by atoms with Gasteiger partial charge in [-0.15, -0.1) is 0 Å². The molecular weight excluding hydrogens is 398 g/mol. The van der Waals surface area contributed by atoms with E-state index in [1.807, 2.05) is 25.1 Å². The molecule has 0 bridgehead atoms. The average Bonchev–Trinajstić information content (AvgIpc) is 3.37. The van der Waals surface area contributed by atoms with Gasteiger partial charge in [0.2, 0.25) is 5.88 Å². The van der Waals surface area contributed by atoms with E-state index in [1.54, 1.807) is 18.2 Å². The number of hydrogen-bond acceptors (Lipinski definition) is 7. The van der Waals surface area contributed by atoms with Crippen LogP contribution in [0.15, 0.2) is 24.4 Å². The maximum atomic E-state index is 13.3. The summed E-state index contributed by atoms with van der Waals surface area (Å²) in [5.74, 6) is 1.01. The van der Waals surface area contributed by atoms with Crippen molar-refractivity contribution in [3.05, 3.63) is 46.9 Å². The molecule has 4 heterocycles. The fourth-order valence-corrected chi connectivity index (χ4v) is 4.46. The molecule has 2 saturated heterocycles. The lowest BCUT2D eigenvalue weighted by Crippen LogP contribution is -2.33. The van der Waals surface area contributed by atoms with Crippen LogP contribution in [0.3, 0.4) is 0 Å². The molecule has 3 aliphatic rings. The molecule has 2 fully saturated rings. The molecule has 1 aliphatic carbocycles. The van der Waals surface area contributed by atoms with Crippen LogP contribution in [-0.4, -0.2) is 72.5 Å². The van der Waals surface area contributed by atoms with Gasteiger partial charge in [0.25, 0.3) is 5.91 Å². The number of aromatic nitrogens is 2. The van der Waals surface area contributed by atoms with Gasteiger partial charge in [-0.25, -0.2) is 4.98 Å². The second-order valence-electron chi connectivity index (χ2n) is 8.33. The van der Waals surface area contributed by atoms with Crippen molar-refractivity contribution in [2.75, 3.05) is 33.4 Å². The van der Waals surface area contributed by atoms with Crippen LogP contribution in [0.4, 0.5) is 0 Å². The maximum absolute atomic E-state index is 13.3.